The van der Waals surface area contributed by atoms with Gasteiger partial charge in [-0.15, -0.1) is 0 Å². The van der Waals surface area contributed by atoms with Gasteiger partial charge in [0.25, 0.3) is 11.8 Å². The normalized spacial score (nSPS) is 16.5. The highest BCUT2D eigenvalue weighted by Crippen LogP contribution is 2.36. The molecule has 2 fully saturated rings. The molecular weight excluding hydrogens is 1090 g/mol. The molecule has 2 N–H and O–H groups in total. The highest BCUT2D eigenvalue weighted by atomic mass is 16.6. The van der Waals surface area contributed by atoms with E-state index in [0.29, 0.717) is 11.1 Å². The van der Waals surface area contributed by atoms with Gasteiger partial charge in [-0.25, -0.2) is 9.59 Å². The fourth-order valence-electron chi connectivity index (χ4n) is 10.6. The fraction of sp³-hybridized carbons (Fsp3) is 0.441. The third kappa shape index (κ3) is 17.0. The maximum absolute atomic E-state index is 14.5. The number of ether oxygens (including phenoxy) is 4. The topological polar surface area (TPSA) is 203 Å². The molecule has 2 aliphatic rings. The van der Waals surface area contributed by atoms with E-state index in [4.69, 9.17) is 18.9 Å². The average molecular weight is 1180 g/mol. The number of carbonyl (C=O) groups is 6. The number of aromatic nitrogens is 2. The Morgan fingerprint density at radius 1 is 0.442 bits per heavy atom. The van der Waals surface area contributed by atoms with Gasteiger partial charge < -0.3 is 57.9 Å². The summed E-state index contributed by atoms with van der Waals surface area (Å²) in [5.41, 5.74) is 4.78. The predicted molar refractivity (Wildman–Crippen MR) is 330 cm³/mol. The van der Waals surface area contributed by atoms with E-state index in [9.17, 15) is 39.0 Å². The zero-order valence-corrected chi connectivity index (χ0v) is 52.3. The summed E-state index contributed by atoms with van der Waals surface area (Å²) in [4.78, 5) is 86.5. The summed E-state index contributed by atoms with van der Waals surface area (Å²) >= 11 is 0. The Labute approximate surface area is 506 Å². The van der Waals surface area contributed by atoms with Gasteiger partial charge in [-0.2, -0.15) is 0 Å². The molecule has 4 atom stereocenters. The first-order chi connectivity index (χ1) is 40.3. The van der Waals surface area contributed by atoms with Gasteiger partial charge in [0.05, 0.1) is 59.6 Å². The number of carbonyl (C=O) groups excluding carboxylic acids is 6. The Balaban J connectivity index is 0.000000246. The van der Waals surface area contributed by atoms with Crippen LogP contribution in [0.15, 0.2) is 133 Å². The van der Waals surface area contributed by atoms with Crippen LogP contribution in [0.2, 0.25) is 0 Å². The summed E-state index contributed by atoms with van der Waals surface area (Å²) in [5, 5.41) is 22.8. The van der Waals surface area contributed by atoms with Gasteiger partial charge in [0.2, 0.25) is 0 Å². The van der Waals surface area contributed by atoms with Crippen molar-refractivity contribution in [2.24, 2.45) is 0 Å². The Hall–Kier alpha value is -8.22. The summed E-state index contributed by atoms with van der Waals surface area (Å²) in [6, 6.07) is 41.0. The highest BCUT2D eigenvalue weighted by molar-refractivity contribution is 6.02. The third-order valence-electron chi connectivity index (χ3n) is 14.1. The van der Waals surface area contributed by atoms with Crippen LogP contribution in [-0.2, 0) is 28.5 Å². The van der Waals surface area contributed by atoms with Crippen LogP contribution in [0.1, 0.15) is 128 Å². The van der Waals surface area contributed by atoms with Crippen LogP contribution in [0.3, 0.4) is 0 Å². The predicted octanol–water partition coefficient (Wildman–Crippen LogP) is 11.2. The molecule has 18 heteroatoms. The molecular formula is C68H86N6O12. The number of esters is 2. The molecule has 460 valence electrons. The van der Waals surface area contributed by atoms with Crippen LogP contribution < -0.4 is 0 Å². The molecule has 0 saturated carbocycles. The third-order valence-corrected chi connectivity index (χ3v) is 14.1. The number of para-hydroxylation sites is 2. The first kappa shape index (κ1) is 65.3. The maximum Gasteiger partial charge on any atom is 0.410 e. The highest BCUT2D eigenvalue weighted by Gasteiger charge is 2.43. The number of benzene rings is 4. The lowest BCUT2D eigenvalue weighted by Crippen LogP contribution is -2.61. The van der Waals surface area contributed by atoms with E-state index in [0.717, 1.165) is 45.3 Å². The van der Waals surface area contributed by atoms with E-state index in [-0.39, 0.29) is 63.9 Å². The SMILES string of the molecule is Cc1cc(C(=O)N2CCN(C(=O)OC(C)(C)C)C[C@H]2[C@@H](O)CC(=O)OC(C)(C)C)c(-c2ccccc2)n1-c1ccccc1.Cc1cc(C(=O)N2CCN(C(=O)OC(C)(C)C)C[C@H]2[C@H](O)CC(=O)OC(C)(C)C)c(-c2ccccc2)n1-c1ccccc1. The number of aryl methyl sites for hydroxylation is 2. The van der Waals surface area contributed by atoms with Crippen LogP contribution >= 0.6 is 0 Å². The van der Waals surface area contributed by atoms with Gasteiger partial charge in [0.1, 0.15) is 22.4 Å². The lowest BCUT2D eigenvalue weighted by Gasteiger charge is -2.43. The van der Waals surface area contributed by atoms with Gasteiger partial charge in [-0.1, -0.05) is 97.1 Å². The molecule has 4 aromatic carbocycles. The minimum atomic E-state index is -1.28. The van der Waals surface area contributed by atoms with Crippen molar-refractivity contribution in [1.82, 2.24) is 28.7 Å². The van der Waals surface area contributed by atoms with Crippen molar-refractivity contribution in [3.05, 3.63) is 156 Å². The summed E-state index contributed by atoms with van der Waals surface area (Å²) in [6.45, 7) is 25.9. The van der Waals surface area contributed by atoms with Gasteiger partial charge >= 0.3 is 24.1 Å². The quantitative estimate of drug-likeness (QED) is 0.0868. The van der Waals surface area contributed by atoms with Crippen molar-refractivity contribution in [3.63, 3.8) is 0 Å². The van der Waals surface area contributed by atoms with Gasteiger partial charge in [-0.05, 0) is 144 Å². The number of aliphatic hydroxyl groups excluding tert-OH is 2. The molecule has 2 aliphatic heterocycles. The summed E-state index contributed by atoms with van der Waals surface area (Å²) in [5.74, 6) is -1.77. The molecule has 0 radical (unpaired) electrons. The number of rotatable bonds is 12. The number of piperazine rings is 2. The molecule has 2 aromatic heterocycles. The van der Waals surface area contributed by atoms with Crippen molar-refractivity contribution in [3.8, 4) is 33.9 Å². The Morgan fingerprint density at radius 3 is 1.02 bits per heavy atom. The Bertz CT molecular complexity index is 3090. The Morgan fingerprint density at radius 2 is 0.733 bits per heavy atom. The van der Waals surface area contributed by atoms with Gasteiger partial charge in [-0.3, -0.25) is 19.2 Å². The van der Waals surface area contributed by atoms with Crippen molar-refractivity contribution in [2.45, 2.75) is 156 Å². The molecule has 18 nitrogen and oxygen atoms in total. The smallest absolute Gasteiger partial charge is 0.410 e. The zero-order chi connectivity index (χ0) is 63.1. The second kappa shape index (κ2) is 27.0. The first-order valence-corrected chi connectivity index (χ1v) is 29.3. The standard InChI is InChI=1S/2C34H43N3O6/c2*1-23-20-26(30(24-14-10-8-11-15-24)37(23)25-16-12-9-13-17-25)31(40)36-19-18-35(32(41)43-34(5,6)7)22-27(36)28(38)21-29(39)42-33(2,3)4/h2*8-17,20,27-28,38H,18-19,21-22H2,1-7H3/t27-,28+;27-,28-/m00/s1. The lowest BCUT2D eigenvalue weighted by molar-refractivity contribution is -0.159. The summed E-state index contributed by atoms with van der Waals surface area (Å²) < 4.78 is 26.2. The van der Waals surface area contributed by atoms with Crippen molar-refractivity contribution in [1.29, 1.82) is 0 Å². The molecule has 2 saturated heterocycles. The van der Waals surface area contributed by atoms with Crippen LogP contribution in [0, 0.1) is 13.8 Å². The van der Waals surface area contributed by atoms with Crippen LogP contribution in [0.5, 0.6) is 0 Å². The molecule has 0 spiro atoms. The van der Waals surface area contributed by atoms with Gasteiger partial charge in [0, 0.05) is 62.0 Å². The number of amides is 4. The number of hydrogen-bond acceptors (Lipinski definition) is 12. The minimum Gasteiger partial charge on any atom is -0.460 e. The van der Waals surface area contributed by atoms with Crippen molar-refractivity contribution < 1.29 is 57.9 Å². The minimum absolute atomic E-state index is 0.00364. The fourth-order valence-corrected chi connectivity index (χ4v) is 10.6. The first-order valence-electron chi connectivity index (χ1n) is 29.3. The molecule has 86 heavy (non-hydrogen) atoms. The second-order valence-electron chi connectivity index (χ2n) is 25.9. The van der Waals surface area contributed by atoms with E-state index in [1.807, 2.05) is 156 Å². The summed E-state index contributed by atoms with van der Waals surface area (Å²) in [7, 11) is 0. The maximum atomic E-state index is 14.5. The number of aliphatic hydroxyl groups is 2. The summed E-state index contributed by atoms with van der Waals surface area (Å²) in [6.07, 6.45) is -4.29. The monoisotopic (exact) mass is 1180 g/mol. The molecule has 0 bridgehead atoms. The molecule has 4 heterocycles. The van der Waals surface area contributed by atoms with E-state index in [2.05, 4.69) is 0 Å². The van der Waals surface area contributed by atoms with Gasteiger partial charge in [0.15, 0.2) is 0 Å². The largest absolute Gasteiger partial charge is 0.460 e. The molecule has 8 rings (SSSR count). The zero-order valence-electron chi connectivity index (χ0n) is 52.3. The van der Waals surface area contributed by atoms with Crippen LogP contribution in [0.25, 0.3) is 33.9 Å². The van der Waals surface area contributed by atoms with E-state index in [1.165, 1.54) is 9.80 Å². The number of hydrogen-bond donors (Lipinski definition) is 2. The second-order valence-corrected chi connectivity index (χ2v) is 25.9. The van der Waals surface area contributed by atoms with Crippen molar-refractivity contribution >= 4 is 35.9 Å². The van der Waals surface area contributed by atoms with E-state index < -0.39 is 70.8 Å². The number of nitrogens with zero attached hydrogens (tertiary/aromatic N) is 6. The van der Waals surface area contributed by atoms with Crippen LogP contribution in [0.4, 0.5) is 9.59 Å². The van der Waals surface area contributed by atoms with Crippen molar-refractivity contribution in [2.75, 3.05) is 39.3 Å². The molecule has 4 amide bonds. The van der Waals surface area contributed by atoms with E-state index >= 15 is 0 Å². The van der Waals surface area contributed by atoms with Crippen LogP contribution in [-0.4, -0.2) is 161 Å². The lowest BCUT2D eigenvalue weighted by atomic mass is 10.00. The van der Waals surface area contributed by atoms with E-state index in [1.54, 1.807) is 92.9 Å². The Kier molecular flexibility index (Phi) is 20.5. The average Bonchev–Trinajstić information content (AvgIpc) is 1.81. The molecule has 0 aliphatic carbocycles. The molecule has 6 aromatic rings. The molecule has 0 unspecified atom stereocenters.